The van der Waals surface area contributed by atoms with Crippen molar-refractivity contribution < 1.29 is 64.9 Å². The molecule has 6 nitrogen and oxygen atoms in total. The first-order chi connectivity index (χ1) is 17.8. The van der Waals surface area contributed by atoms with Crippen molar-refractivity contribution in [3.63, 3.8) is 0 Å². The summed E-state index contributed by atoms with van der Waals surface area (Å²) in [5, 5.41) is 0. The third-order valence-corrected chi connectivity index (χ3v) is 7.68. The van der Waals surface area contributed by atoms with Gasteiger partial charge in [0.05, 0.1) is 4.90 Å². The van der Waals surface area contributed by atoms with Gasteiger partial charge in [0.2, 0.25) is 0 Å². The fourth-order valence-corrected chi connectivity index (χ4v) is 4.97. The predicted molar refractivity (Wildman–Crippen MR) is 145 cm³/mol. The van der Waals surface area contributed by atoms with Gasteiger partial charge in [0.25, 0.3) is 0 Å². The van der Waals surface area contributed by atoms with E-state index in [1.807, 2.05) is 48.5 Å². The summed E-state index contributed by atoms with van der Waals surface area (Å²) in [5.74, 6) is 0. The van der Waals surface area contributed by atoms with Crippen LogP contribution in [0.1, 0.15) is 0 Å². The molecule has 0 aliphatic heterocycles. The molecule has 5 aromatic rings. The van der Waals surface area contributed by atoms with Gasteiger partial charge >= 0.3 is 37.7 Å². The molecule has 0 fully saturated rings. The van der Waals surface area contributed by atoms with Gasteiger partial charge in [-0.2, -0.15) is 0 Å². The van der Waals surface area contributed by atoms with Gasteiger partial charge in [-0.3, -0.25) is 4.21 Å². The standard InChI is InChI=1S/C30H22O5S2.2Li.H2O/c31-36(32)29-17-13-27(14-18-29)25-9-5-23(6-10-25)21-1-3-22(4-2-21)24-7-11-26(12-8-24)28-15-19-30(20-16-28)37(33,34)35;;;/h1-20H,(H,31,32)(H,33,34,35);;;1H2/q;2*+1;/p-3. The number of benzene rings is 5. The van der Waals surface area contributed by atoms with E-state index in [9.17, 15) is 21.7 Å². The van der Waals surface area contributed by atoms with Gasteiger partial charge < -0.3 is 14.6 Å². The Morgan fingerprint density at radius 3 is 0.850 bits per heavy atom. The first kappa shape index (κ1) is 33.5. The molecule has 5 rings (SSSR count). The molecule has 1 N–H and O–H groups in total. The number of hydrogen-bond donors (Lipinski definition) is 0. The van der Waals surface area contributed by atoms with Gasteiger partial charge in [-0.25, -0.2) is 8.42 Å². The number of rotatable bonds is 6. The molecule has 0 aliphatic carbocycles. The van der Waals surface area contributed by atoms with Crippen LogP contribution in [0.2, 0.25) is 0 Å². The van der Waals surface area contributed by atoms with E-state index < -0.39 is 21.2 Å². The molecular formula is C30H21Li2O6S2-. The SMILES string of the molecule is O=S([O-])c1ccc(-c2ccc(-c3ccc(-c4ccc(-c5ccc(S(=O)(=O)[O-])cc5)cc4)cc3)cc2)cc1.[Li+].[Li+].[OH-]. The van der Waals surface area contributed by atoms with Gasteiger partial charge in [-0.05, 0) is 79.9 Å². The largest absolute Gasteiger partial charge is 1.00 e. The van der Waals surface area contributed by atoms with Crippen LogP contribution in [0.15, 0.2) is 131 Å². The average molecular weight is 556 g/mol. The van der Waals surface area contributed by atoms with E-state index in [-0.39, 0.29) is 53.0 Å². The summed E-state index contributed by atoms with van der Waals surface area (Å²) < 4.78 is 55.5. The van der Waals surface area contributed by atoms with E-state index in [0.717, 1.165) is 44.5 Å². The molecule has 5 aromatic carbocycles. The molecule has 1 atom stereocenters. The van der Waals surface area contributed by atoms with Crippen molar-refractivity contribution >= 4 is 21.2 Å². The Bertz CT molecular complexity index is 1670. The van der Waals surface area contributed by atoms with Gasteiger partial charge in [0, 0.05) is 4.90 Å². The maximum Gasteiger partial charge on any atom is 1.00 e. The van der Waals surface area contributed by atoms with Crippen LogP contribution in [0.4, 0.5) is 0 Å². The minimum atomic E-state index is -4.46. The summed E-state index contributed by atoms with van der Waals surface area (Å²) in [7, 11) is -4.46. The Labute approximate surface area is 260 Å². The quantitative estimate of drug-likeness (QED) is 0.169. The molecule has 0 heterocycles. The van der Waals surface area contributed by atoms with E-state index in [0.29, 0.717) is 0 Å². The van der Waals surface area contributed by atoms with Crippen molar-refractivity contribution in [2.24, 2.45) is 0 Å². The monoisotopic (exact) mass is 555 g/mol. The van der Waals surface area contributed by atoms with Gasteiger partial charge in [0.15, 0.2) is 0 Å². The summed E-state index contributed by atoms with van der Waals surface area (Å²) in [4.78, 5) is 0.0260. The molecular weight excluding hydrogens is 534 g/mol. The molecule has 0 aromatic heterocycles. The van der Waals surface area contributed by atoms with Crippen LogP contribution >= 0.6 is 0 Å². The molecule has 0 saturated carbocycles. The normalized spacial score (nSPS) is 11.3. The molecule has 10 heteroatoms. The maximum absolute atomic E-state index is 11.1. The molecule has 0 radical (unpaired) electrons. The Morgan fingerprint density at radius 1 is 0.450 bits per heavy atom. The molecule has 0 amide bonds. The van der Waals surface area contributed by atoms with E-state index >= 15 is 0 Å². The molecule has 192 valence electrons. The minimum Gasteiger partial charge on any atom is -0.870 e. The van der Waals surface area contributed by atoms with Crippen LogP contribution in [-0.2, 0) is 21.2 Å². The Morgan fingerprint density at radius 2 is 0.650 bits per heavy atom. The van der Waals surface area contributed by atoms with Crippen molar-refractivity contribution in [3.05, 3.63) is 121 Å². The topological polar surface area (TPSA) is 127 Å². The predicted octanol–water partition coefficient (Wildman–Crippen LogP) is 0.328. The van der Waals surface area contributed by atoms with Crippen molar-refractivity contribution in [1.29, 1.82) is 0 Å². The van der Waals surface area contributed by atoms with E-state index in [2.05, 4.69) is 24.3 Å². The maximum atomic E-state index is 11.1. The average Bonchev–Trinajstić information content (AvgIpc) is 2.93. The van der Waals surface area contributed by atoms with Crippen molar-refractivity contribution in [2.45, 2.75) is 9.79 Å². The summed E-state index contributed by atoms with van der Waals surface area (Å²) in [6.45, 7) is 0. The third kappa shape index (κ3) is 7.72. The van der Waals surface area contributed by atoms with E-state index in [4.69, 9.17) is 0 Å². The van der Waals surface area contributed by atoms with Crippen molar-refractivity contribution in [1.82, 2.24) is 0 Å². The van der Waals surface area contributed by atoms with Crippen LogP contribution in [0.25, 0.3) is 44.5 Å². The van der Waals surface area contributed by atoms with Crippen LogP contribution < -0.4 is 37.7 Å². The Balaban J connectivity index is 0.00000187. The van der Waals surface area contributed by atoms with Crippen LogP contribution in [0.5, 0.6) is 0 Å². The molecule has 0 spiro atoms. The zero-order valence-electron chi connectivity index (χ0n) is 21.9. The van der Waals surface area contributed by atoms with E-state index in [1.165, 1.54) is 12.1 Å². The summed E-state index contributed by atoms with van der Waals surface area (Å²) in [6.07, 6.45) is 0. The van der Waals surface area contributed by atoms with Crippen molar-refractivity contribution in [2.75, 3.05) is 0 Å². The molecule has 40 heavy (non-hydrogen) atoms. The van der Waals surface area contributed by atoms with Gasteiger partial charge in [-0.1, -0.05) is 97.1 Å². The zero-order chi connectivity index (χ0) is 26.0. The third-order valence-electron chi connectivity index (χ3n) is 6.18. The smallest absolute Gasteiger partial charge is 0.870 e. The van der Waals surface area contributed by atoms with E-state index in [1.54, 1.807) is 36.4 Å². The molecule has 1 unspecified atom stereocenters. The van der Waals surface area contributed by atoms with Crippen LogP contribution in [0, 0.1) is 0 Å². The second-order valence-electron chi connectivity index (χ2n) is 8.47. The Kier molecular flexibility index (Phi) is 11.9. The second-order valence-corrected chi connectivity index (χ2v) is 10.8. The van der Waals surface area contributed by atoms with Crippen LogP contribution in [0.3, 0.4) is 0 Å². The summed E-state index contributed by atoms with van der Waals surface area (Å²) in [5.41, 5.74) is 7.98. The van der Waals surface area contributed by atoms with Crippen molar-refractivity contribution in [3.8, 4) is 44.5 Å². The zero-order valence-corrected chi connectivity index (χ0v) is 23.5. The first-order valence-electron chi connectivity index (χ1n) is 11.3. The summed E-state index contributed by atoms with van der Waals surface area (Å²) in [6, 6.07) is 37.0. The molecule has 0 saturated heterocycles. The summed E-state index contributed by atoms with van der Waals surface area (Å²) >= 11 is -2.23. The molecule has 0 bridgehead atoms. The van der Waals surface area contributed by atoms with Gasteiger partial charge in [0.1, 0.15) is 10.1 Å². The van der Waals surface area contributed by atoms with Crippen LogP contribution in [-0.4, -0.2) is 27.2 Å². The minimum absolute atomic E-state index is 0. The fourth-order valence-electron chi connectivity index (χ4n) is 4.14. The molecule has 0 aliphatic rings. The van der Waals surface area contributed by atoms with Gasteiger partial charge in [-0.15, -0.1) is 0 Å². The number of hydrogen-bond acceptors (Lipinski definition) is 6. The second kappa shape index (κ2) is 14.3. The first-order valence-corrected chi connectivity index (χ1v) is 13.8. The Hall–Kier alpha value is -2.73. The fraction of sp³-hybridized carbons (Fsp3) is 0.